The average Bonchev–Trinajstić information content (AvgIpc) is 3.00. The van der Waals surface area contributed by atoms with Crippen LogP contribution < -0.4 is 5.32 Å². The molecule has 0 atom stereocenters. The Kier molecular flexibility index (Phi) is 8.74. The van der Waals surface area contributed by atoms with Crippen molar-refractivity contribution in [2.75, 3.05) is 46.4 Å². The minimum absolute atomic E-state index is 0. The second-order valence-electron chi connectivity index (χ2n) is 6.84. The van der Waals surface area contributed by atoms with Crippen LogP contribution in [-0.4, -0.2) is 73.1 Å². The van der Waals surface area contributed by atoms with Crippen LogP contribution >= 0.6 is 35.3 Å². The number of carbonyl (C=O) groups excluding carboxylic acids is 1. The van der Waals surface area contributed by atoms with Crippen LogP contribution in [0.2, 0.25) is 0 Å². The second-order valence-corrected chi connectivity index (χ2v) is 8.13. The number of morpholine rings is 1. The molecule has 3 rings (SSSR count). The van der Waals surface area contributed by atoms with E-state index in [2.05, 4.69) is 20.2 Å². The molecule has 0 unspecified atom stereocenters. The van der Waals surface area contributed by atoms with E-state index in [-0.39, 0.29) is 29.9 Å². The van der Waals surface area contributed by atoms with Gasteiger partial charge in [-0.25, -0.2) is 4.98 Å². The van der Waals surface area contributed by atoms with E-state index >= 15 is 0 Å². The van der Waals surface area contributed by atoms with Crippen molar-refractivity contribution >= 4 is 47.2 Å². The summed E-state index contributed by atoms with van der Waals surface area (Å²) in [5, 5.41) is 4.55. The molecule has 2 fully saturated rings. The van der Waals surface area contributed by atoms with Gasteiger partial charge >= 0.3 is 0 Å². The highest BCUT2D eigenvalue weighted by atomic mass is 127. The third kappa shape index (κ3) is 5.77. The molecule has 0 radical (unpaired) electrons. The van der Waals surface area contributed by atoms with Crippen molar-refractivity contribution in [2.45, 2.75) is 33.2 Å². The number of nitrogens with zero attached hydrogens (tertiary/aromatic N) is 4. The minimum atomic E-state index is 0. The molecule has 152 valence electrons. The summed E-state index contributed by atoms with van der Waals surface area (Å²) in [6.07, 6.45) is 1.77. The van der Waals surface area contributed by atoms with E-state index in [0.717, 1.165) is 62.2 Å². The fourth-order valence-corrected chi connectivity index (χ4v) is 4.49. The first-order valence-corrected chi connectivity index (χ1v) is 10.1. The van der Waals surface area contributed by atoms with Crippen molar-refractivity contribution in [3.05, 3.63) is 15.6 Å². The van der Waals surface area contributed by atoms with E-state index in [4.69, 9.17) is 4.74 Å². The Balaban J connectivity index is 0.00000261. The normalized spacial score (nSPS) is 19.0. The summed E-state index contributed by atoms with van der Waals surface area (Å²) >= 11 is 1.73. The third-order valence-corrected chi connectivity index (χ3v) is 6.16. The minimum Gasteiger partial charge on any atom is -0.378 e. The number of hydrogen-bond donors (Lipinski definition) is 1. The molecule has 0 saturated carbocycles. The number of amides is 1. The van der Waals surface area contributed by atoms with Gasteiger partial charge in [-0.3, -0.25) is 9.79 Å². The van der Waals surface area contributed by atoms with E-state index in [1.54, 1.807) is 11.3 Å². The number of aryl methyl sites for hydroxylation is 2. The number of hydrogen-bond acceptors (Lipinski definition) is 5. The number of guanidine groups is 1. The molecule has 1 aromatic heterocycles. The fourth-order valence-electron chi connectivity index (χ4n) is 3.61. The summed E-state index contributed by atoms with van der Waals surface area (Å²) in [5.74, 6) is 1.34. The van der Waals surface area contributed by atoms with Gasteiger partial charge in [0.15, 0.2) is 5.96 Å². The van der Waals surface area contributed by atoms with Gasteiger partial charge in [0.25, 0.3) is 0 Å². The van der Waals surface area contributed by atoms with Gasteiger partial charge in [-0.2, -0.15) is 0 Å². The summed E-state index contributed by atoms with van der Waals surface area (Å²) in [6, 6.07) is 0. The molecule has 9 heteroatoms. The third-order valence-electron chi connectivity index (χ3n) is 5.08. The number of aromatic nitrogens is 1. The molecule has 0 spiro atoms. The molecule has 2 aliphatic heterocycles. The lowest BCUT2D eigenvalue weighted by Gasteiger charge is -2.36. The Labute approximate surface area is 182 Å². The lowest BCUT2D eigenvalue weighted by molar-refractivity contribution is -0.140. The summed E-state index contributed by atoms with van der Waals surface area (Å²) in [7, 11) is 1.82. The lowest BCUT2D eigenvalue weighted by atomic mass is 9.95. The molecule has 0 aliphatic carbocycles. The van der Waals surface area contributed by atoms with Crippen molar-refractivity contribution in [3.8, 4) is 0 Å². The Morgan fingerprint density at radius 1 is 1.22 bits per heavy atom. The number of carbonyl (C=O) groups is 1. The number of likely N-dealkylation sites (tertiary alicyclic amines) is 1. The first-order chi connectivity index (χ1) is 12.6. The Hall–Kier alpha value is -0.940. The van der Waals surface area contributed by atoms with Crippen molar-refractivity contribution in [2.24, 2.45) is 10.9 Å². The smallest absolute Gasteiger partial charge is 0.225 e. The molecule has 2 saturated heterocycles. The maximum absolute atomic E-state index is 12.7. The molecule has 2 aliphatic rings. The zero-order valence-corrected chi connectivity index (χ0v) is 19.5. The van der Waals surface area contributed by atoms with Crippen molar-refractivity contribution in [3.63, 3.8) is 0 Å². The predicted molar refractivity (Wildman–Crippen MR) is 119 cm³/mol. The molecule has 1 N–H and O–H groups in total. The molecular weight excluding hydrogens is 477 g/mol. The predicted octanol–water partition coefficient (Wildman–Crippen LogP) is 2.02. The summed E-state index contributed by atoms with van der Waals surface area (Å²) in [5.41, 5.74) is 1.09. The second kappa shape index (κ2) is 10.6. The molecule has 3 heterocycles. The standard InChI is InChI=1S/C18H29N5O2S.HI/c1-13-16(26-14(2)21-13)12-20-18(19-3)23-6-4-15(5-7-23)17(24)22-8-10-25-11-9-22;/h15H,4-12H2,1-3H3,(H,19,20);1H. The van der Waals surface area contributed by atoms with Crippen LogP contribution in [0.3, 0.4) is 0 Å². The zero-order valence-electron chi connectivity index (χ0n) is 16.4. The first-order valence-electron chi connectivity index (χ1n) is 9.33. The van der Waals surface area contributed by atoms with Gasteiger partial charge < -0.3 is 19.9 Å². The summed E-state index contributed by atoms with van der Waals surface area (Å²) in [6.45, 7) is 9.35. The van der Waals surface area contributed by atoms with E-state index in [0.29, 0.717) is 19.1 Å². The largest absolute Gasteiger partial charge is 0.378 e. The van der Waals surface area contributed by atoms with Crippen LogP contribution in [0.1, 0.15) is 28.4 Å². The number of piperidine rings is 1. The summed E-state index contributed by atoms with van der Waals surface area (Å²) in [4.78, 5) is 27.0. The Morgan fingerprint density at radius 3 is 2.44 bits per heavy atom. The SMILES string of the molecule is CN=C(NCc1sc(C)nc1C)N1CCC(C(=O)N2CCOCC2)CC1.I. The lowest BCUT2D eigenvalue weighted by Crippen LogP contribution is -2.49. The Bertz CT molecular complexity index is 652. The average molecular weight is 507 g/mol. The molecule has 27 heavy (non-hydrogen) atoms. The van der Waals surface area contributed by atoms with Crippen molar-refractivity contribution in [1.82, 2.24) is 20.1 Å². The van der Waals surface area contributed by atoms with Crippen LogP contribution in [0.4, 0.5) is 0 Å². The van der Waals surface area contributed by atoms with E-state index in [9.17, 15) is 4.79 Å². The van der Waals surface area contributed by atoms with Gasteiger partial charge in [-0.1, -0.05) is 0 Å². The highest BCUT2D eigenvalue weighted by molar-refractivity contribution is 14.0. The number of thiazole rings is 1. The number of aliphatic imine (C=N–C) groups is 1. The molecule has 0 bridgehead atoms. The first kappa shape index (κ1) is 22.4. The molecular formula is C18H30IN5O2S. The number of rotatable bonds is 3. The number of halogens is 1. The van der Waals surface area contributed by atoms with E-state index in [1.807, 2.05) is 25.8 Å². The Morgan fingerprint density at radius 2 is 1.89 bits per heavy atom. The van der Waals surface area contributed by atoms with Gasteiger partial charge in [0.1, 0.15) is 0 Å². The highest BCUT2D eigenvalue weighted by Crippen LogP contribution is 2.21. The maximum Gasteiger partial charge on any atom is 0.225 e. The van der Waals surface area contributed by atoms with Gasteiger partial charge in [0.2, 0.25) is 5.91 Å². The molecule has 7 nitrogen and oxygen atoms in total. The van der Waals surface area contributed by atoms with Crippen molar-refractivity contribution < 1.29 is 9.53 Å². The van der Waals surface area contributed by atoms with Crippen molar-refractivity contribution in [1.29, 1.82) is 0 Å². The zero-order chi connectivity index (χ0) is 18.5. The van der Waals surface area contributed by atoms with Crippen LogP contribution in [0.25, 0.3) is 0 Å². The number of nitrogens with one attached hydrogen (secondary N) is 1. The van der Waals surface area contributed by atoms with E-state index < -0.39 is 0 Å². The monoisotopic (exact) mass is 507 g/mol. The summed E-state index contributed by atoms with van der Waals surface area (Å²) < 4.78 is 5.34. The highest BCUT2D eigenvalue weighted by Gasteiger charge is 2.30. The van der Waals surface area contributed by atoms with E-state index in [1.165, 1.54) is 4.88 Å². The van der Waals surface area contributed by atoms with Gasteiger partial charge in [0.05, 0.1) is 30.5 Å². The topological polar surface area (TPSA) is 70.1 Å². The molecule has 1 aromatic rings. The maximum atomic E-state index is 12.7. The van der Waals surface area contributed by atoms with Crippen LogP contribution in [0.15, 0.2) is 4.99 Å². The quantitative estimate of drug-likeness (QED) is 0.385. The van der Waals surface area contributed by atoms with Crippen LogP contribution in [0.5, 0.6) is 0 Å². The van der Waals surface area contributed by atoms with Gasteiger partial charge in [-0.05, 0) is 26.7 Å². The van der Waals surface area contributed by atoms with Gasteiger partial charge in [-0.15, -0.1) is 35.3 Å². The fraction of sp³-hybridized carbons (Fsp3) is 0.722. The molecule has 1 amide bonds. The molecule has 0 aromatic carbocycles. The number of ether oxygens (including phenoxy) is 1. The van der Waals surface area contributed by atoms with Gasteiger partial charge in [0, 0.05) is 44.0 Å². The van der Waals surface area contributed by atoms with Crippen LogP contribution in [0, 0.1) is 19.8 Å². The van der Waals surface area contributed by atoms with Crippen LogP contribution in [-0.2, 0) is 16.1 Å².